The Morgan fingerprint density at radius 1 is 1.10 bits per heavy atom. The van der Waals surface area contributed by atoms with Gasteiger partial charge in [0.25, 0.3) is 0 Å². The first-order valence-corrected chi connectivity index (χ1v) is 13.7. The summed E-state index contributed by atoms with van der Waals surface area (Å²) < 4.78 is 5.89. The van der Waals surface area contributed by atoms with Crippen LogP contribution in [0.15, 0.2) is 84.5 Å². The first kappa shape index (κ1) is 25.0. The fourth-order valence-electron chi connectivity index (χ4n) is 5.28. The molecule has 4 amide bonds. The van der Waals surface area contributed by atoms with Gasteiger partial charge in [-0.3, -0.25) is 14.5 Å². The third-order valence-corrected chi connectivity index (χ3v) is 8.38. The molecule has 1 saturated heterocycles. The largest absolute Gasteiger partial charge is 0.457 e. The van der Waals surface area contributed by atoms with Crippen LogP contribution in [0.3, 0.4) is 0 Å². The molecule has 3 aliphatic heterocycles. The third-order valence-electron chi connectivity index (χ3n) is 7.09. The van der Waals surface area contributed by atoms with Gasteiger partial charge in [0, 0.05) is 30.9 Å². The first-order chi connectivity index (χ1) is 19.0. The van der Waals surface area contributed by atoms with Crippen LogP contribution in [-0.2, 0) is 9.59 Å². The van der Waals surface area contributed by atoms with Crippen molar-refractivity contribution in [3.8, 4) is 11.5 Å². The van der Waals surface area contributed by atoms with Crippen molar-refractivity contribution in [1.82, 2.24) is 20.5 Å². The number of thioether (sulfide) groups is 1. The van der Waals surface area contributed by atoms with Gasteiger partial charge in [-0.05, 0) is 61.4 Å². The molecule has 0 saturated carbocycles. The van der Waals surface area contributed by atoms with Crippen LogP contribution in [0.25, 0.3) is 0 Å². The molecule has 0 spiro atoms. The highest BCUT2D eigenvalue weighted by Crippen LogP contribution is 2.50. The molecule has 10 heteroatoms. The van der Waals surface area contributed by atoms with Gasteiger partial charge < -0.3 is 20.3 Å². The zero-order chi connectivity index (χ0) is 26.9. The van der Waals surface area contributed by atoms with Crippen molar-refractivity contribution in [2.45, 2.75) is 35.2 Å². The molecule has 0 radical (unpaired) electrons. The number of piperidine rings is 1. The van der Waals surface area contributed by atoms with Crippen molar-refractivity contribution in [1.29, 1.82) is 0 Å². The minimum absolute atomic E-state index is 0.135. The number of anilines is 2. The maximum absolute atomic E-state index is 13.4. The van der Waals surface area contributed by atoms with E-state index >= 15 is 0 Å². The maximum atomic E-state index is 13.4. The number of nitrogens with zero attached hydrogens (tertiary/aromatic N) is 3. The maximum Gasteiger partial charge on any atom is 0.327 e. The third kappa shape index (κ3) is 4.83. The Balaban J connectivity index is 1.20. The second-order valence-corrected chi connectivity index (χ2v) is 10.7. The second-order valence-electron chi connectivity index (χ2n) is 9.60. The molecule has 0 bridgehead atoms. The number of benzene rings is 2. The quantitative estimate of drug-likeness (QED) is 0.444. The summed E-state index contributed by atoms with van der Waals surface area (Å²) in [6.07, 6.45) is 4.55. The summed E-state index contributed by atoms with van der Waals surface area (Å²) in [7, 11) is 0. The molecule has 0 aliphatic carbocycles. The molecule has 2 unspecified atom stereocenters. The SMILES string of the molecule is C=CC(=O)N1CCCC(NC(=O)[C@@H]2Sc3nccc4c3C2NC(=O)N4c2ccc(Oc3ccccc3)cc2)C1. The van der Waals surface area contributed by atoms with E-state index in [9.17, 15) is 14.4 Å². The summed E-state index contributed by atoms with van der Waals surface area (Å²) in [5.74, 6) is 1.07. The van der Waals surface area contributed by atoms with E-state index in [4.69, 9.17) is 4.74 Å². The van der Waals surface area contributed by atoms with Crippen LogP contribution in [0.1, 0.15) is 24.4 Å². The average molecular weight is 542 g/mol. The van der Waals surface area contributed by atoms with Gasteiger partial charge >= 0.3 is 6.03 Å². The lowest BCUT2D eigenvalue weighted by Gasteiger charge is -2.35. The lowest BCUT2D eigenvalue weighted by molar-refractivity contribution is -0.129. The second kappa shape index (κ2) is 10.5. The summed E-state index contributed by atoms with van der Waals surface area (Å²) in [6, 6.07) is 17.6. The van der Waals surface area contributed by atoms with Gasteiger partial charge in [0.05, 0.1) is 17.4 Å². The van der Waals surface area contributed by atoms with Crippen LogP contribution in [0.5, 0.6) is 11.5 Å². The highest BCUT2D eigenvalue weighted by Gasteiger charge is 2.47. The molecule has 1 fully saturated rings. The fraction of sp³-hybridized carbons (Fsp3) is 0.241. The Morgan fingerprint density at radius 3 is 2.64 bits per heavy atom. The van der Waals surface area contributed by atoms with Crippen LogP contribution in [0.2, 0.25) is 0 Å². The van der Waals surface area contributed by atoms with Crippen molar-refractivity contribution < 1.29 is 19.1 Å². The highest BCUT2D eigenvalue weighted by atomic mass is 32.2. The number of pyridine rings is 1. The van der Waals surface area contributed by atoms with Crippen LogP contribution in [0, 0.1) is 0 Å². The molecule has 198 valence electrons. The number of carbonyl (C=O) groups excluding carboxylic acids is 3. The van der Waals surface area contributed by atoms with Crippen molar-refractivity contribution in [2.24, 2.45) is 0 Å². The number of ether oxygens (including phenoxy) is 1. The fourth-order valence-corrected chi connectivity index (χ4v) is 6.51. The van der Waals surface area contributed by atoms with Gasteiger partial charge in [-0.2, -0.15) is 0 Å². The number of hydrogen-bond donors (Lipinski definition) is 2. The van der Waals surface area contributed by atoms with E-state index in [1.54, 1.807) is 22.1 Å². The van der Waals surface area contributed by atoms with E-state index in [-0.39, 0.29) is 23.9 Å². The molecule has 2 N–H and O–H groups in total. The van der Waals surface area contributed by atoms with Gasteiger partial charge in [-0.25, -0.2) is 9.78 Å². The smallest absolute Gasteiger partial charge is 0.327 e. The summed E-state index contributed by atoms with van der Waals surface area (Å²) in [5.41, 5.74) is 2.21. The lowest BCUT2D eigenvalue weighted by atomic mass is 9.99. The molecular weight excluding hydrogens is 514 g/mol. The van der Waals surface area contributed by atoms with E-state index in [1.165, 1.54) is 17.8 Å². The Morgan fingerprint density at radius 2 is 1.87 bits per heavy atom. The van der Waals surface area contributed by atoms with Gasteiger partial charge in [-0.15, -0.1) is 0 Å². The lowest BCUT2D eigenvalue weighted by Crippen LogP contribution is -2.53. The Labute approximate surface area is 230 Å². The van der Waals surface area contributed by atoms with Gasteiger partial charge in [0.15, 0.2) is 0 Å². The predicted molar refractivity (Wildman–Crippen MR) is 148 cm³/mol. The predicted octanol–water partition coefficient (Wildman–Crippen LogP) is 4.54. The number of hydrogen-bond acceptors (Lipinski definition) is 6. The standard InChI is InChI=1S/C29H27N5O4S/c1-2-23(35)33-16-6-7-18(17-33)31-27(36)26-25-24-22(14-15-30-28(24)39-26)34(29(37)32-25)19-10-12-21(13-11-19)38-20-8-4-3-5-9-20/h2-5,8-15,18,25-26H,1,6-7,16-17H2,(H,31,36)(H,32,37)/t18?,25?,26-/m1/s1. The number of carbonyl (C=O) groups is 3. The van der Waals surface area contributed by atoms with Gasteiger partial charge in [0.2, 0.25) is 11.8 Å². The number of aromatic nitrogens is 1. The normalized spacial score (nSPS) is 21.5. The number of rotatable bonds is 6. The first-order valence-electron chi connectivity index (χ1n) is 12.8. The molecule has 2 aromatic carbocycles. The van der Waals surface area contributed by atoms with Gasteiger partial charge in [0.1, 0.15) is 21.8 Å². The van der Waals surface area contributed by atoms with E-state index in [0.717, 1.165) is 29.2 Å². The molecule has 3 aliphatic rings. The van der Waals surface area contributed by atoms with Crippen LogP contribution >= 0.6 is 11.8 Å². The van der Waals surface area contributed by atoms with Crippen LogP contribution < -0.4 is 20.3 Å². The number of nitrogens with one attached hydrogen (secondary N) is 2. The average Bonchev–Trinajstić information content (AvgIpc) is 3.33. The summed E-state index contributed by atoms with van der Waals surface area (Å²) >= 11 is 1.35. The summed E-state index contributed by atoms with van der Waals surface area (Å²) in [6.45, 7) is 4.66. The number of para-hydroxylation sites is 1. The molecule has 6 rings (SSSR count). The van der Waals surface area contributed by atoms with E-state index in [1.807, 2.05) is 54.6 Å². The molecular formula is C29H27N5O4S. The van der Waals surface area contributed by atoms with Crippen LogP contribution in [0.4, 0.5) is 16.2 Å². The van der Waals surface area contributed by atoms with E-state index < -0.39 is 11.3 Å². The molecule has 3 aromatic rings. The Hall–Kier alpha value is -4.31. The van der Waals surface area contributed by atoms with Crippen molar-refractivity contribution >= 4 is 41.0 Å². The van der Waals surface area contributed by atoms with Gasteiger partial charge in [-0.1, -0.05) is 36.5 Å². The van der Waals surface area contributed by atoms with Crippen molar-refractivity contribution in [3.05, 3.63) is 85.1 Å². The minimum atomic E-state index is -0.563. The van der Waals surface area contributed by atoms with E-state index in [0.29, 0.717) is 30.2 Å². The number of amides is 4. The van der Waals surface area contributed by atoms with Crippen molar-refractivity contribution in [3.63, 3.8) is 0 Å². The molecule has 3 atom stereocenters. The molecule has 39 heavy (non-hydrogen) atoms. The van der Waals surface area contributed by atoms with Crippen molar-refractivity contribution in [2.75, 3.05) is 18.0 Å². The highest BCUT2D eigenvalue weighted by molar-refractivity contribution is 8.01. The zero-order valence-electron chi connectivity index (χ0n) is 21.1. The summed E-state index contributed by atoms with van der Waals surface area (Å²) in [5, 5.41) is 6.30. The Kier molecular flexibility index (Phi) is 6.70. The topological polar surface area (TPSA) is 104 Å². The molecule has 9 nitrogen and oxygen atoms in total. The number of urea groups is 1. The van der Waals surface area contributed by atoms with E-state index in [2.05, 4.69) is 22.2 Å². The number of likely N-dealkylation sites (tertiary alicyclic amines) is 1. The monoisotopic (exact) mass is 541 g/mol. The molecule has 4 heterocycles. The summed E-state index contributed by atoms with van der Waals surface area (Å²) in [4.78, 5) is 46.7. The molecule has 1 aromatic heterocycles. The zero-order valence-corrected chi connectivity index (χ0v) is 21.9. The van der Waals surface area contributed by atoms with Crippen LogP contribution in [-0.4, -0.2) is 52.1 Å². The Bertz CT molecular complexity index is 1430. The minimum Gasteiger partial charge on any atom is -0.457 e.